The lowest BCUT2D eigenvalue weighted by atomic mass is 9.73. The zero-order valence-corrected chi connectivity index (χ0v) is 18.7. The number of carbonyl (C=O) groups excluding carboxylic acids is 1. The molecule has 1 aromatic rings. The third kappa shape index (κ3) is 4.74. The van der Waals surface area contributed by atoms with E-state index in [0.717, 1.165) is 50.5 Å². The molecule has 2 atom stereocenters. The number of hydrogen-bond acceptors (Lipinski definition) is 4. The fourth-order valence-electron chi connectivity index (χ4n) is 5.05. The Kier molecular flexibility index (Phi) is 7.27. The van der Waals surface area contributed by atoms with E-state index in [4.69, 9.17) is 4.74 Å². The number of aromatic hydroxyl groups is 2. The maximum absolute atomic E-state index is 13.2. The number of allylic oxidation sites excluding steroid dienone is 3. The molecule has 0 bridgehead atoms. The second-order valence-electron chi connectivity index (χ2n) is 9.14. The Hall–Kier alpha value is -2.23. The first-order valence-corrected chi connectivity index (χ1v) is 11.4. The number of benzene rings is 1. The van der Waals surface area contributed by atoms with E-state index in [1.807, 2.05) is 13.8 Å². The fraction of sp³-hybridized carbons (Fsp3) is 0.577. The van der Waals surface area contributed by atoms with Gasteiger partial charge in [-0.15, -0.1) is 0 Å². The van der Waals surface area contributed by atoms with Gasteiger partial charge in [-0.05, 0) is 76.3 Å². The molecular weight excluding hydrogens is 376 g/mol. The highest BCUT2D eigenvalue weighted by Gasteiger charge is 2.34. The first-order chi connectivity index (χ1) is 14.3. The van der Waals surface area contributed by atoms with E-state index in [9.17, 15) is 15.0 Å². The predicted molar refractivity (Wildman–Crippen MR) is 120 cm³/mol. The molecule has 30 heavy (non-hydrogen) atoms. The van der Waals surface area contributed by atoms with E-state index in [1.54, 1.807) is 6.07 Å². The van der Waals surface area contributed by atoms with Crippen LogP contribution in [0.3, 0.4) is 0 Å². The van der Waals surface area contributed by atoms with Gasteiger partial charge in [-0.3, -0.25) is 0 Å². The van der Waals surface area contributed by atoms with Crippen molar-refractivity contribution in [2.24, 2.45) is 5.92 Å². The number of phenols is 2. The van der Waals surface area contributed by atoms with Gasteiger partial charge in [0.1, 0.15) is 23.2 Å². The number of aryl methyl sites for hydroxylation is 1. The lowest BCUT2D eigenvalue weighted by Gasteiger charge is -2.32. The summed E-state index contributed by atoms with van der Waals surface area (Å²) >= 11 is 0. The molecule has 2 aliphatic rings. The summed E-state index contributed by atoms with van der Waals surface area (Å²) in [5, 5.41) is 22.2. The van der Waals surface area contributed by atoms with Crippen molar-refractivity contribution in [3.8, 4) is 11.5 Å². The van der Waals surface area contributed by atoms with Gasteiger partial charge < -0.3 is 14.9 Å². The zero-order valence-electron chi connectivity index (χ0n) is 18.7. The molecule has 0 aromatic heterocycles. The SMILES string of the molecule is C=C(C)[C@@H]1CCC(C)=C[C@H]1c1c(O)cc(CCC)c(C(=O)OC2CCCCC2)c1O. The molecule has 0 spiro atoms. The molecule has 164 valence electrons. The fourth-order valence-corrected chi connectivity index (χ4v) is 5.05. The molecule has 0 unspecified atom stereocenters. The number of rotatable bonds is 6. The lowest BCUT2D eigenvalue weighted by Crippen LogP contribution is -2.23. The molecule has 1 aromatic carbocycles. The van der Waals surface area contributed by atoms with Crippen molar-refractivity contribution in [2.45, 2.75) is 90.6 Å². The summed E-state index contributed by atoms with van der Waals surface area (Å²) in [7, 11) is 0. The van der Waals surface area contributed by atoms with Crippen molar-refractivity contribution in [1.29, 1.82) is 0 Å². The van der Waals surface area contributed by atoms with Crippen molar-refractivity contribution in [3.63, 3.8) is 0 Å². The smallest absolute Gasteiger partial charge is 0.342 e. The Labute approximate surface area is 180 Å². The minimum atomic E-state index is -0.465. The van der Waals surface area contributed by atoms with Crippen LogP contribution in [0.25, 0.3) is 0 Å². The van der Waals surface area contributed by atoms with E-state index < -0.39 is 5.97 Å². The van der Waals surface area contributed by atoms with Crippen LogP contribution in [0.1, 0.15) is 99.5 Å². The lowest BCUT2D eigenvalue weighted by molar-refractivity contribution is 0.0206. The van der Waals surface area contributed by atoms with E-state index in [2.05, 4.69) is 19.6 Å². The van der Waals surface area contributed by atoms with Crippen LogP contribution in [0, 0.1) is 5.92 Å². The normalized spacial score (nSPS) is 22.4. The molecule has 0 aliphatic heterocycles. The van der Waals surface area contributed by atoms with Crippen LogP contribution in [-0.2, 0) is 11.2 Å². The van der Waals surface area contributed by atoms with Gasteiger partial charge in [0.05, 0.1) is 0 Å². The number of esters is 1. The van der Waals surface area contributed by atoms with Crippen molar-refractivity contribution >= 4 is 5.97 Å². The van der Waals surface area contributed by atoms with Crippen molar-refractivity contribution < 1.29 is 19.7 Å². The summed E-state index contributed by atoms with van der Waals surface area (Å²) in [4.78, 5) is 13.2. The summed E-state index contributed by atoms with van der Waals surface area (Å²) in [6.07, 6.45) is 10.4. The molecule has 3 rings (SSSR count). The number of carbonyl (C=O) groups is 1. The highest BCUT2D eigenvalue weighted by Crippen LogP contribution is 2.48. The summed E-state index contributed by atoms with van der Waals surface area (Å²) in [6.45, 7) is 10.2. The van der Waals surface area contributed by atoms with Crippen molar-refractivity contribution in [2.75, 3.05) is 0 Å². The molecule has 4 nitrogen and oxygen atoms in total. The Morgan fingerprint density at radius 3 is 2.53 bits per heavy atom. The first kappa shape index (κ1) is 22.5. The molecule has 0 heterocycles. The second kappa shape index (κ2) is 9.72. The number of hydrogen-bond donors (Lipinski definition) is 2. The maximum Gasteiger partial charge on any atom is 0.342 e. The minimum Gasteiger partial charge on any atom is -0.507 e. The van der Waals surface area contributed by atoms with Crippen molar-refractivity contribution in [1.82, 2.24) is 0 Å². The third-order valence-electron chi connectivity index (χ3n) is 6.66. The van der Waals surface area contributed by atoms with Crippen LogP contribution >= 0.6 is 0 Å². The monoisotopic (exact) mass is 412 g/mol. The van der Waals surface area contributed by atoms with Gasteiger partial charge in [0.15, 0.2) is 0 Å². The highest BCUT2D eigenvalue weighted by atomic mass is 16.5. The van der Waals surface area contributed by atoms with Crippen LogP contribution in [0.5, 0.6) is 11.5 Å². The average Bonchev–Trinajstić information content (AvgIpc) is 2.68. The summed E-state index contributed by atoms with van der Waals surface area (Å²) in [6, 6.07) is 1.66. The molecule has 0 amide bonds. The van der Waals surface area contributed by atoms with E-state index >= 15 is 0 Å². The number of ether oxygens (including phenoxy) is 1. The van der Waals surface area contributed by atoms with Crippen LogP contribution in [0.15, 0.2) is 29.9 Å². The Bertz CT molecular complexity index is 830. The summed E-state index contributed by atoms with van der Waals surface area (Å²) in [5.74, 6) is -0.626. The van der Waals surface area contributed by atoms with Gasteiger partial charge in [0.2, 0.25) is 0 Å². The standard InChI is InChI=1S/C26H36O4/c1-5-9-18-15-22(27)24(21-14-17(4)12-13-20(21)16(2)3)25(28)23(18)26(29)30-19-10-7-6-8-11-19/h14-15,19-21,27-28H,2,5-13H2,1,3-4H3/t20-,21+/m0/s1. The third-order valence-corrected chi connectivity index (χ3v) is 6.66. The van der Waals surface area contributed by atoms with E-state index in [-0.39, 0.29) is 35.0 Å². The topological polar surface area (TPSA) is 66.8 Å². The molecular formula is C26H36O4. The minimum absolute atomic E-state index is 0.0485. The van der Waals surface area contributed by atoms with Gasteiger partial charge in [0.25, 0.3) is 0 Å². The van der Waals surface area contributed by atoms with Crippen LogP contribution in [0.4, 0.5) is 0 Å². The molecule has 2 N–H and O–H groups in total. The van der Waals surface area contributed by atoms with Crippen LogP contribution < -0.4 is 0 Å². The molecule has 0 saturated heterocycles. The van der Waals surface area contributed by atoms with Gasteiger partial charge in [-0.25, -0.2) is 4.79 Å². The van der Waals surface area contributed by atoms with Crippen LogP contribution in [0.2, 0.25) is 0 Å². The maximum atomic E-state index is 13.2. The quantitative estimate of drug-likeness (QED) is 0.410. The van der Waals surface area contributed by atoms with Gasteiger partial charge in [0, 0.05) is 11.5 Å². The molecule has 0 radical (unpaired) electrons. The largest absolute Gasteiger partial charge is 0.507 e. The Balaban J connectivity index is 2.06. The zero-order chi connectivity index (χ0) is 21.8. The molecule has 4 heteroatoms. The summed E-state index contributed by atoms with van der Waals surface area (Å²) in [5.41, 5.74) is 3.55. The molecule has 1 saturated carbocycles. The van der Waals surface area contributed by atoms with Gasteiger partial charge in [-0.2, -0.15) is 0 Å². The van der Waals surface area contributed by atoms with E-state index in [1.165, 1.54) is 12.0 Å². The Morgan fingerprint density at radius 1 is 1.20 bits per heavy atom. The summed E-state index contributed by atoms with van der Waals surface area (Å²) < 4.78 is 5.81. The van der Waals surface area contributed by atoms with E-state index in [0.29, 0.717) is 17.5 Å². The number of phenolic OH excluding ortho intramolecular Hbond substituents is 2. The van der Waals surface area contributed by atoms with Gasteiger partial charge >= 0.3 is 5.97 Å². The first-order valence-electron chi connectivity index (χ1n) is 11.4. The Morgan fingerprint density at radius 2 is 1.90 bits per heavy atom. The molecule has 1 fully saturated rings. The van der Waals surface area contributed by atoms with Crippen LogP contribution in [-0.4, -0.2) is 22.3 Å². The van der Waals surface area contributed by atoms with Gasteiger partial charge in [-0.1, -0.05) is 43.6 Å². The average molecular weight is 413 g/mol. The predicted octanol–water partition coefficient (Wildman–Crippen LogP) is 6.56. The second-order valence-corrected chi connectivity index (χ2v) is 9.14. The van der Waals surface area contributed by atoms with Crippen molar-refractivity contribution in [3.05, 3.63) is 46.6 Å². The highest BCUT2D eigenvalue weighted by molar-refractivity contribution is 5.95. The molecule has 2 aliphatic carbocycles.